The molecule has 4 rings (SSSR count). The lowest BCUT2D eigenvalue weighted by Gasteiger charge is -2.20. The second-order valence-electron chi connectivity index (χ2n) is 6.15. The quantitative estimate of drug-likeness (QED) is 0.779. The van der Waals surface area contributed by atoms with Gasteiger partial charge in [-0.05, 0) is 26.1 Å². The van der Waals surface area contributed by atoms with Gasteiger partial charge in [0.1, 0.15) is 5.69 Å². The summed E-state index contributed by atoms with van der Waals surface area (Å²) in [7, 11) is 3.69. The van der Waals surface area contributed by atoms with Crippen LogP contribution in [0.2, 0.25) is 0 Å². The minimum atomic E-state index is -0.210. The van der Waals surface area contributed by atoms with E-state index in [9.17, 15) is 4.79 Å². The maximum atomic E-state index is 12.8. The van der Waals surface area contributed by atoms with E-state index in [1.807, 2.05) is 25.3 Å². The number of aryl methyl sites for hydroxylation is 1. The molecule has 1 aliphatic heterocycles. The van der Waals surface area contributed by atoms with Gasteiger partial charge in [0.2, 0.25) is 0 Å². The van der Waals surface area contributed by atoms with E-state index in [2.05, 4.69) is 27.2 Å². The summed E-state index contributed by atoms with van der Waals surface area (Å²) in [5.41, 5.74) is 2.88. The summed E-state index contributed by atoms with van der Waals surface area (Å²) in [4.78, 5) is 25.4. The van der Waals surface area contributed by atoms with Crippen molar-refractivity contribution >= 4 is 28.0 Å². The number of anilines is 1. The SMILES string of the molecule is COc1cccn2c(C(=O)Nc3nc4c(s3)CN(C)CC4)c(C)nc12. The summed E-state index contributed by atoms with van der Waals surface area (Å²) in [5, 5.41) is 3.58. The van der Waals surface area contributed by atoms with Crippen LogP contribution in [-0.4, -0.2) is 45.9 Å². The van der Waals surface area contributed by atoms with Crippen LogP contribution < -0.4 is 10.1 Å². The molecule has 0 bridgehead atoms. The number of amides is 1. The topological polar surface area (TPSA) is 71.8 Å². The van der Waals surface area contributed by atoms with Crippen molar-refractivity contribution in [3.05, 3.63) is 40.3 Å². The molecule has 130 valence electrons. The van der Waals surface area contributed by atoms with Gasteiger partial charge in [0.25, 0.3) is 5.91 Å². The summed E-state index contributed by atoms with van der Waals surface area (Å²) < 4.78 is 7.08. The first-order valence-corrected chi connectivity index (χ1v) is 8.88. The highest BCUT2D eigenvalue weighted by molar-refractivity contribution is 7.15. The Kier molecular flexibility index (Phi) is 3.93. The lowest BCUT2D eigenvalue weighted by molar-refractivity contribution is 0.102. The van der Waals surface area contributed by atoms with Gasteiger partial charge in [-0.25, -0.2) is 9.97 Å². The minimum Gasteiger partial charge on any atom is -0.493 e. The van der Waals surface area contributed by atoms with Crippen molar-refractivity contribution < 1.29 is 9.53 Å². The molecular formula is C17H19N5O2S. The minimum absolute atomic E-state index is 0.210. The van der Waals surface area contributed by atoms with E-state index >= 15 is 0 Å². The molecule has 0 saturated carbocycles. The molecule has 3 aromatic heterocycles. The van der Waals surface area contributed by atoms with Crippen LogP contribution in [0, 0.1) is 6.92 Å². The number of pyridine rings is 1. The highest BCUT2D eigenvalue weighted by atomic mass is 32.1. The van der Waals surface area contributed by atoms with Gasteiger partial charge in [-0.3, -0.25) is 14.5 Å². The van der Waals surface area contributed by atoms with Crippen molar-refractivity contribution in [2.45, 2.75) is 19.9 Å². The van der Waals surface area contributed by atoms with Gasteiger partial charge in [0.15, 0.2) is 16.5 Å². The molecule has 0 spiro atoms. The molecule has 7 nitrogen and oxygen atoms in total. The van der Waals surface area contributed by atoms with Gasteiger partial charge >= 0.3 is 0 Å². The number of carbonyl (C=O) groups is 1. The Labute approximate surface area is 149 Å². The third-order valence-electron chi connectivity index (χ3n) is 4.37. The van der Waals surface area contributed by atoms with Crippen molar-refractivity contribution in [3.63, 3.8) is 0 Å². The summed E-state index contributed by atoms with van der Waals surface area (Å²) in [5.74, 6) is 0.426. The highest BCUT2D eigenvalue weighted by Crippen LogP contribution is 2.28. The van der Waals surface area contributed by atoms with Crippen LogP contribution in [0.4, 0.5) is 5.13 Å². The maximum Gasteiger partial charge on any atom is 0.276 e. The molecular weight excluding hydrogens is 338 g/mol. The Bertz CT molecular complexity index is 962. The zero-order valence-electron chi connectivity index (χ0n) is 14.4. The van der Waals surface area contributed by atoms with Crippen LogP contribution in [0.3, 0.4) is 0 Å². The lowest BCUT2D eigenvalue weighted by atomic mass is 10.2. The number of hydrogen-bond donors (Lipinski definition) is 1. The first-order valence-electron chi connectivity index (χ1n) is 8.07. The monoisotopic (exact) mass is 357 g/mol. The number of likely N-dealkylation sites (N-methyl/N-ethyl adjacent to an activating group) is 1. The molecule has 0 radical (unpaired) electrons. The van der Waals surface area contributed by atoms with Crippen LogP contribution in [0.5, 0.6) is 5.75 Å². The zero-order valence-corrected chi connectivity index (χ0v) is 15.2. The van der Waals surface area contributed by atoms with Crippen molar-refractivity contribution in [2.24, 2.45) is 0 Å². The Morgan fingerprint density at radius 1 is 1.40 bits per heavy atom. The van der Waals surface area contributed by atoms with E-state index in [0.717, 1.165) is 25.2 Å². The summed E-state index contributed by atoms with van der Waals surface area (Å²) in [6, 6.07) is 3.66. The van der Waals surface area contributed by atoms with E-state index in [4.69, 9.17) is 4.74 Å². The molecule has 3 aromatic rings. The second kappa shape index (κ2) is 6.12. The molecule has 1 aliphatic rings. The van der Waals surface area contributed by atoms with Gasteiger partial charge in [-0.15, -0.1) is 11.3 Å². The predicted octanol–water partition coefficient (Wildman–Crippen LogP) is 2.35. The fourth-order valence-electron chi connectivity index (χ4n) is 3.12. The third-order valence-corrected chi connectivity index (χ3v) is 5.36. The van der Waals surface area contributed by atoms with E-state index in [1.54, 1.807) is 22.8 Å². The van der Waals surface area contributed by atoms with Crippen LogP contribution in [0.1, 0.15) is 26.8 Å². The number of fused-ring (bicyclic) bond motifs is 2. The molecule has 0 atom stereocenters. The number of nitrogens with zero attached hydrogens (tertiary/aromatic N) is 4. The largest absolute Gasteiger partial charge is 0.493 e. The summed E-state index contributed by atoms with van der Waals surface area (Å²) in [6.07, 6.45) is 2.73. The lowest BCUT2D eigenvalue weighted by Crippen LogP contribution is -2.25. The van der Waals surface area contributed by atoms with Gasteiger partial charge in [-0.1, -0.05) is 0 Å². The van der Waals surface area contributed by atoms with Crippen molar-refractivity contribution in [1.82, 2.24) is 19.3 Å². The Morgan fingerprint density at radius 2 is 2.24 bits per heavy atom. The number of aromatic nitrogens is 3. The zero-order chi connectivity index (χ0) is 17.6. The predicted molar refractivity (Wildman–Crippen MR) is 96.6 cm³/mol. The van der Waals surface area contributed by atoms with E-state index in [0.29, 0.717) is 27.9 Å². The number of carbonyl (C=O) groups excluding carboxylic acids is 1. The number of nitrogens with one attached hydrogen (secondary N) is 1. The average Bonchev–Trinajstić information content (AvgIpc) is 3.13. The standard InChI is InChI=1S/C17H19N5O2S/c1-10-14(22-7-4-5-12(24-3)15(22)18-10)16(23)20-17-19-11-6-8-21(2)9-13(11)25-17/h4-5,7H,6,8-9H2,1-3H3,(H,19,20,23). The Hall–Kier alpha value is -2.45. The molecule has 0 aromatic carbocycles. The normalized spacial score (nSPS) is 14.5. The maximum absolute atomic E-state index is 12.8. The molecule has 0 unspecified atom stereocenters. The van der Waals surface area contributed by atoms with E-state index in [1.165, 1.54) is 4.88 Å². The molecule has 0 saturated heterocycles. The Morgan fingerprint density at radius 3 is 3.04 bits per heavy atom. The van der Waals surface area contributed by atoms with Crippen LogP contribution in [-0.2, 0) is 13.0 Å². The number of thiazole rings is 1. The number of ether oxygens (including phenoxy) is 1. The van der Waals surface area contributed by atoms with Crippen molar-refractivity contribution in [3.8, 4) is 5.75 Å². The van der Waals surface area contributed by atoms with Crippen LogP contribution >= 0.6 is 11.3 Å². The number of hydrogen-bond acceptors (Lipinski definition) is 6. The highest BCUT2D eigenvalue weighted by Gasteiger charge is 2.22. The van der Waals surface area contributed by atoms with Gasteiger partial charge in [-0.2, -0.15) is 0 Å². The molecule has 8 heteroatoms. The molecule has 0 aliphatic carbocycles. The van der Waals surface area contributed by atoms with Crippen LogP contribution in [0.15, 0.2) is 18.3 Å². The van der Waals surface area contributed by atoms with Crippen LogP contribution in [0.25, 0.3) is 5.65 Å². The summed E-state index contributed by atoms with van der Waals surface area (Å²) >= 11 is 1.54. The molecule has 1 amide bonds. The van der Waals surface area contributed by atoms with Gasteiger partial charge in [0.05, 0.1) is 18.5 Å². The Balaban J connectivity index is 1.66. The van der Waals surface area contributed by atoms with Gasteiger partial charge in [0, 0.05) is 30.6 Å². The number of methoxy groups -OCH3 is 1. The fourth-order valence-corrected chi connectivity index (χ4v) is 4.21. The molecule has 0 fully saturated rings. The fraction of sp³-hybridized carbons (Fsp3) is 0.353. The van der Waals surface area contributed by atoms with E-state index in [-0.39, 0.29) is 5.91 Å². The molecule has 25 heavy (non-hydrogen) atoms. The number of rotatable bonds is 3. The summed E-state index contributed by atoms with van der Waals surface area (Å²) in [6.45, 7) is 3.70. The van der Waals surface area contributed by atoms with E-state index < -0.39 is 0 Å². The van der Waals surface area contributed by atoms with Crippen molar-refractivity contribution in [1.29, 1.82) is 0 Å². The number of imidazole rings is 1. The molecule has 1 N–H and O–H groups in total. The third kappa shape index (κ3) is 2.77. The molecule has 4 heterocycles. The first-order chi connectivity index (χ1) is 12.1. The van der Waals surface area contributed by atoms with Crippen molar-refractivity contribution in [2.75, 3.05) is 26.0 Å². The second-order valence-corrected chi connectivity index (χ2v) is 7.23. The van der Waals surface area contributed by atoms with Gasteiger partial charge < -0.3 is 9.64 Å². The average molecular weight is 357 g/mol. The smallest absolute Gasteiger partial charge is 0.276 e. The first kappa shape index (κ1) is 16.0.